The summed E-state index contributed by atoms with van der Waals surface area (Å²) in [7, 11) is 3.66. The van der Waals surface area contributed by atoms with Gasteiger partial charge in [-0.05, 0) is 130 Å². The monoisotopic (exact) mass is 1270 g/mol. The molecule has 23 heteroatoms. The molecule has 0 bridgehead atoms. The van der Waals surface area contributed by atoms with Crippen LogP contribution in [0.15, 0.2) is 65.3 Å². The van der Waals surface area contributed by atoms with Crippen LogP contribution < -0.4 is 15.5 Å². The third kappa shape index (κ3) is 13.3. The largest absolute Gasteiger partial charge is 0.384 e. The molecular formula is C69H87N9O14. The number of carbonyl (C=O) groups is 10. The van der Waals surface area contributed by atoms with Gasteiger partial charge in [0.15, 0.2) is 11.4 Å². The smallest absolute Gasteiger partial charge is 0.264 e. The van der Waals surface area contributed by atoms with Gasteiger partial charge in [0.2, 0.25) is 41.4 Å². The van der Waals surface area contributed by atoms with Crippen LogP contribution >= 0.6 is 0 Å². The first-order chi connectivity index (χ1) is 44.3. The normalized spacial score (nSPS) is 26.4. The molecule has 4 saturated heterocycles. The lowest BCUT2D eigenvalue weighted by Crippen LogP contribution is -2.67. The van der Waals surface area contributed by atoms with E-state index in [9.17, 15) is 47.9 Å². The maximum atomic E-state index is 14.9. The van der Waals surface area contributed by atoms with Crippen LogP contribution in [0.2, 0.25) is 0 Å². The molecule has 2 N–H and O–H groups in total. The van der Waals surface area contributed by atoms with Gasteiger partial charge in [-0.1, -0.05) is 29.7 Å². The highest BCUT2D eigenvalue weighted by Crippen LogP contribution is 2.73. The Bertz CT molecular complexity index is 3390. The number of hydrogen-bond donors (Lipinski definition) is 2. The second-order valence-electron chi connectivity index (χ2n) is 25.9. The van der Waals surface area contributed by atoms with Crippen molar-refractivity contribution in [2.45, 2.75) is 139 Å². The molecule has 0 radical (unpaired) electrons. The summed E-state index contributed by atoms with van der Waals surface area (Å²) in [4.78, 5) is 143. The Morgan fingerprint density at radius 1 is 0.750 bits per heavy atom. The van der Waals surface area contributed by atoms with Crippen LogP contribution in [0.4, 0.5) is 11.4 Å². The summed E-state index contributed by atoms with van der Waals surface area (Å²) >= 11 is 0. The molecule has 2 aromatic rings. The zero-order chi connectivity index (χ0) is 65.0. The van der Waals surface area contributed by atoms with Crippen LogP contribution in [-0.4, -0.2) is 230 Å². The summed E-state index contributed by atoms with van der Waals surface area (Å²) in [6.07, 6.45) is 10.0. The predicted molar refractivity (Wildman–Crippen MR) is 338 cm³/mol. The number of imide groups is 2. The second kappa shape index (κ2) is 28.2. The summed E-state index contributed by atoms with van der Waals surface area (Å²) in [5.74, 6) is 4.22. The van der Waals surface area contributed by atoms with Gasteiger partial charge >= 0.3 is 0 Å². The molecule has 0 aromatic heterocycles. The van der Waals surface area contributed by atoms with E-state index in [1.165, 1.54) is 45.9 Å². The number of hydrogen-bond acceptors (Lipinski definition) is 16. The Morgan fingerprint density at radius 2 is 1.45 bits per heavy atom. The Hall–Kier alpha value is -7.78. The van der Waals surface area contributed by atoms with E-state index < -0.39 is 47.7 Å². The molecule has 6 fully saturated rings. The summed E-state index contributed by atoms with van der Waals surface area (Å²) in [5.41, 5.74) is 6.65. The minimum Gasteiger partial charge on any atom is -0.384 e. The maximum Gasteiger partial charge on any atom is 0.264 e. The number of rotatable bonds is 24. The van der Waals surface area contributed by atoms with Crippen LogP contribution in [0.1, 0.15) is 136 Å². The Labute approximate surface area is 537 Å². The number of carbonyl (C=O) groups excluding carboxylic acids is 10. The fourth-order valence-corrected chi connectivity index (χ4v) is 15.8. The van der Waals surface area contributed by atoms with E-state index in [1.807, 2.05) is 20.0 Å². The van der Waals surface area contributed by atoms with Crippen molar-refractivity contribution in [3.05, 3.63) is 82.0 Å². The molecule has 5 aliphatic heterocycles. The Balaban J connectivity index is 0.616. The topological polar surface area (TPSA) is 258 Å². The molecule has 9 amide bonds. The zero-order valence-corrected chi connectivity index (χ0v) is 53.7. The highest BCUT2D eigenvalue weighted by atomic mass is 16.6. The van der Waals surface area contributed by atoms with E-state index in [0.29, 0.717) is 102 Å². The van der Waals surface area contributed by atoms with Crippen molar-refractivity contribution in [2.24, 2.45) is 11.8 Å². The molecule has 2 aromatic carbocycles. The maximum absolute atomic E-state index is 14.9. The van der Waals surface area contributed by atoms with Gasteiger partial charge in [-0.3, -0.25) is 58.2 Å². The average molecular weight is 1270 g/mol. The van der Waals surface area contributed by atoms with Gasteiger partial charge in [0.25, 0.3) is 11.8 Å². The van der Waals surface area contributed by atoms with E-state index in [1.54, 1.807) is 39.9 Å². The van der Waals surface area contributed by atoms with Gasteiger partial charge in [-0.15, -0.1) is 5.92 Å². The van der Waals surface area contributed by atoms with Crippen molar-refractivity contribution in [3.8, 4) is 11.8 Å². The molecule has 492 valence electrons. The fourth-order valence-electron chi connectivity index (χ4n) is 15.8. The van der Waals surface area contributed by atoms with Crippen molar-refractivity contribution in [1.29, 1.82) is 0 Å². The minimum atomic E-state index is -1.04. The lowest BCUT2D eigenvalue weighted by atomic mass is 9.57. The van der Waals surface area contributed by atoms with Gasteiger partial charge in [-0.25, -0.2) is 0 Å². The van der Waals surface area contributed by atoms with Crippen molar-refractivity contribution >= 4 is 70.3 Å². The van der Waals surface area contributed by atoms with Crippen LogP contribution in [0.3, 0.4) is 0 Å². The number of piperazine rings is 2. The molecule has 3 unspecified atom stereocenters. The van der Waals surface area contributed by atoms with E-state index in [-0.39, 0.29) is 116 Å². The number of ketones is 1. The van der Waals surface area contributed by atoms with E-state index in [4.69, 9.17) is 18.9 Å². The quantitative estimate of drug-likeness (QED) is 0.0645. The molecule has 8 atom stereocenters. The highest BCUT2D eigenvalue weighted by molar-refractivity contribution is 6.25. The fraction of sp³-hybridized carbons (Fsp3) is 0.594. The van der Waals surface area contributed by atoms with E-state index in [0.717, 1.165) is 49.1 Å². The predicted octanol–water partition coefficient (Wildman–Crippen LogP) is 4.25. The third-order valence-electron chi connectivity index (χ3n) is 20.5. The number of ether oxygens (including phenoxy) is 4. The first kappa shape index (κ1) is 65.7. The lowest BCUT2D eigenvalue weighted by Gasteiger charge is -2.46. The van der Waals surface area contributed by atoms with Crippen molar-refractivity contribution in [3.63, 3.8) is 0 Å². The molecule has 4 aliphatic carbocycles. The molecule has 92 heavy (non-hydrogen) atoms. The number of likely N-dealkylation sites (N-methyl/N-ethyl adjacent to an activating group) is 1. The number of nitrogens with zero attached hydrogens (tertiary/aromatic N) is 7. The van der Waals surface area contributed by atoms with Gasteiger partial charge in [0.05, 0.1) is 50.6 Å². The van der Waals surface area contributed by atoms with Gasteiger partial charge in [-0.2, -0.15) is 0 Å². The number of epoxide rings is 1. The van der Waals surface area contributed by atoms with Crippen LogP contribution in [-0.2, 0) is 57.3 Å². The molecule has 9 aliphatic rings. The molecule has 1 spiro atoms. The first-order valence-corrected chi connectivity index (χ1v) is 32.9. The Morgan fingerprint density at radius 3 is 2.15 bits per heavy atom. The number of anilines is 2. The molecule has 2 saturated carbocycles. The van der Waals surface area contributed by atoms with Crippen molar-refractivity contribution in [2.75, 3.05) is 123 Å². The Kier molecular flexibility index (Phi) is 20.1. The first-order valence-electron chi connectivity index (χ1n) is 32.9. The zero-order valence-electron chi connectivity index (χ0n) is 53.7. The number of piperidine rings is 1. The van der Waals surface area contributed by atoms with Crippen LogP contribution in [0.5, 0.6) is 0 Å². The average Bonchev–Trinajstić information content (AvgIpc) is 1.49. The standard InChI is InChI=1S/C69H87N9O14/c1-6-25-68-26-24-54-51-20-16-47-40-49(81)19-21-50(47)61(51)53(41-69(54,68)92-68)46-14-17-48(18-15-46)72(4)28-8-13-60(83)76-32-30-74(44(2)79)43-58(76)66(87)77-33-31-75(45(3)80)42-57(77)65(86)73(5)29-10-35-90-37-39-91-38-36-89-34-9-27-70-55-12-7-11-52-62(55)67(88)78(64(52)85)56-22-23-59(82)71-63(56)84/h7,11-12,14-15,17-18,40,51,53-54,56-58,70H,8-10,13,16,19-24,26-39,41-43H2,1-5H3,(H,71,82,84)/t51-,53+,54-,56?,57?,58?,68-,69+/m0/s1. The second-order valence-corrected chi connectivity index (χ2v) is 25.9. The van der Waals surface area contributed by atoms with Gasteiger partial charge in [0, 0.05) is 124 Å². The summed E-state index contributed by atoms with van der Waals surface area (Å²) in [6.45, 7) is 8.83. The number of benzene rings is 2. The lowest BCUT2D eigenvalue weighted by molar-refractivity contribution is -0.160. The van der Waals surface area contributed by atoms with Gasteiger partial charge in [0.1, 0.15) is 23.7 Å². The molecule has 5 heterocycles. The highest BCUT2D eigenvalue weighted by Gasteiger charge is 2.79. The van der Waals surface area contributed by atoms with Crippen molar-refractivity contribution in [1.82, 2.24) is 34.7 Å². The summed E-state index contributed by atoms with van der Waals surface area (Å²) in [5, 5.41) is 5.41. The minimum absolute atomic E-state index is 0.0103. The number of allylic oxidation sites excluding steroid dienone is 4. The summed E-state index contributed by atoms with van der Waals surface area (Å²) < 4.78 is 24.0. The van der Waals surface area contributed by atoms with E-state index in [2.05, 4.69) is 51.6 Å². The van der Waals surface area contributed by atoms with Gasteiger partial charge < -0.3 is 53.7 Å². The third-order valence-corrected chi connectivity index (χ3v) is 20.5. The summed E-state index contributed by atoms with van der Waals surface area (Å²) in [6, 6.07) is 10.6. The molecular weight excluding hydrogens is 1180 g/mol. The van der Waals surface area contributed by atoms with Crippen LogP contribution in [0, 0.1) is 23.7 Å². The van der Waals surface area contributed by atoms with Crippen LogP contribution in [0.25, 0.3) is 0 Å². The number of amides is 9. The van der Waals surface area contributed by atoms with Crippen molar-refractivity contribution < 1.29 is 66.9 Å². The number of nitrogens with one attached hydrogen (secondary N) is 2. The SMILES string of the molecule is CC#C[C@]12CC[C@H]3[C@@H]4CCC5=CC(=O)CCC5=C4[C@@H](c4ccc(N(C)CCCC(=O)N5CCN(C(C)=O)CC5C(=O)N5CCN(C(C)=O)CC5C(=O)N(C)CCCOCCOCCOCCCNc5cccc6c5C(=O)N(C5CCC(=O)NC5=O)C6=O)cc4)C[C@@]31O2. The number of fused-ring (bicyclic) bond motifs is 4. The molecule has 11 rings (SSSR count). The van der Waals surface area contributed by atoms with E-state index >= 15 is 0 Å². The molecule has 23 nitrogen and oxygen atoms in total.